The third kappa shape index (κ3) is 4.63. The Bertz CT molecular complexity index is 723. The first-order chi connectivity index (χ1) is 11.1. The summed E-state index contributed by atoms with van der Waals surface area (Å²) < 4.78 is 34.3. The van der Waals surface area contributed by atoms with Crippen molar-refractivity contribution >= 4 is 10.0 Å². The van der Waals surface area contributed by atoms with E-state index in [0.717, 1.165) is 24.1 Å². The van der Waals surface area contributed by atoms with Gasteiger partial charge in [0.2, 0.25) is 10.0 Å². The average Bonchev–Trinajstić information content (AvgIpc) is 3.08. The van der Waals surface area contributed by atoms with Crippen LogP contribution in [-0.4, -0.2) is 36.9 Å². The van der Waals surface area contributed by atoms with Crippen molar-refractivity contribution in [2.24, 2.45) is 5.92 Å². The highest BCUT2D eigenvalue weighted by Crippen LogP contribution is 2.17. The Morgan fingerprint density at radius 1 is 1.30 bits per heavy atom. The number of sulfonamides is 1. The lowest BCUT2D eigenvalue weighted by atomic mass is 10.0. The van der Waals surface area contributed by atoms with E-state index in [1.807, 2.05) is 35.0 Å². The van der Waals surface area contributed by atoms with Crippen molar-refractivity contribution in [3.63, 3.8) is 0 Å². The normalized spacial score (nSPS) is 16.5. The summed E-state index contributed by atoms with van der Waals surface area (Å²) in [4.78, 5) is 4.02. The van der Waals surface area contributed by atoms with E-state index in [4.69, 9.17) is 4.74 Å². The topological polar surface area (TPSA) is 73.2 Å². The second-order valence-corrected chi connectivity index (χ2v) is 7.65. The standard InChI is InChI=1S/C16H21N3O3S/c20-23(21,12-14-4-8-22-9-5-14)18-11-15-2-1-3-16(10-15)19-7-6-17-13-19/h1-3,6-7,10,13-14,18H,4-5,8-9,11-12H2. The van der Waals surface area contributed by atoms with Crippen molar-refractivity contribution in [2.45, 2.75) is 19.4 Å². The van der Waals surface area contributed by atoms with Gasteiger partial charge in [0.1, 0.15) is 0 Å². The third-order valence-corrected chi connectivity index (χ3v) is 5.50. The molecule has 0 spiro atoms. The third-order valence-electron chi connectivity index (χ3n) is 4.01. The molecule has 2 heterocycles. The summed E-state index contributed by atoms with van der Waals surface area (Å²) in [7, 11) is -3.27. The lowest BCUT2D eigenvalue weighted by Gasteiger charge is -2.21. The number of nitrogens with one attached hydrogen (secondary N) is 1. The Morgan fingerprint density at radius 3 is 2.87 bits per heavy atom. The number of imidazole rings is 1. The Labute approximate surface area is 136 Å². The molecule has 6 nitrogen and oxygen atoms in total. The minimum absolute atomic E-state index is 0.178. The van der Waals surface area contributed by atoms with Crippen molar-refractivity contribution in [1.82, 2.24) is 14.3 Å². The number of hydrogen-bond acceptors (Lipinski definition) is 4. The van der Waals surface area contributed by atoms with Crippen LogP contribution in [0.3, 0.4) is 0 Å². The van der Waals surface area contributed by atoms with Crippen LogP contribution in [0.25, 0.3) is 5.69 Å². The summed E-state index contributed by atoms with van der Waals surface area (Å²) >= 11 is 0. The number of aromatic nitrogens is 2. The van der Waals surface area contributed by atoms with Crippen LogP contribution < -0.4 is 4.72 Å². The van der Waals surface area contributed by atoms with E-state index in [2.05, 4.69) is 9.71 Å². The van der Waals surface area contributed by atoms with E-state index in [1.54, 1.807) is 12.5 Å². The highest BCUT2D eigenvalue weighted by molar-refractivity contribution is 7.89. The fourth-order valence-corrected chi connectivity index (χ4v) is 4.17. The Balaban J connectivity index is 1.60. The molecule has 2 aromatic rings. The quantitative estimate of drug-likeness (QED) is 0.872. The highest BCUT2D eigenvalue weighted by Gasteiger charge is 2.21. The van der Waals surface area contributed by atoms with Gasteiger partial charge in [0.05, 0.1) is 12.1 Å². The molecule has 0 aliphatic carbocycles. The SMILES string of the molecule is O=S(=O)(CC1CCOCC1)NCc1cccc(-n2ccnc2)c1. The van der Waals surface area contributed by atoms with Crippen LogP contribution >= 0.6 is 0 Å². The minimum atomic E-state index is -3.27. The van der Waals surface area contributed by atoms with Gasteiger partial charge in [-0.15, -0.1) is 0 Å². The van der Waals surface area contributed by atoms with Crippen molar-refractivity contribution in [1.29, 1.82) is 0 Å². The molecule has 1 aromatic heterocycles. The van der Waals surface area contributed by atoms with Crippen LogP contribution in [0.1, 0.15) is 18.4 Å². The van der Waals surface area contributed by atoms with Crippen molar-refractivity contribution in [2.75, 3.05) is 19.0 Å². The fraction of sp³-hybridized carbons (Fsp3) is 0.438. The van der Waals surface area contributed by atoms with Crippen LogP contribution in [0.4, 0.5) is 0 Å². The van der Waals surface area contributed by atoms with Gasteiger partial charge in [-0.1, -0.05) is 12.1 Å². The minimum Gasteiger partial charge on any atom is -0.381 e. The van der Waals surface area contributed by atoms with Gasteiger partial charge in [-0.25, -0.2) is 18.1 Å². The average molecular weight is 335 g/mol. The molecule has 1 N–H and O–H groups in total. The van der Waals surface area contributed by atoms with Crippen molar-refractivity contribution < 1.29 is 13.2 Å². The Kier molecular flexibility index (Phi) is 5.09. The van der Waals surface area contributed by atoms with Crippen LogP contribution in [0, 0.1) is 5.92 Å². The molecule has 124 valence electrons. The summed E-state index contributed by atoms with van der Waals surface area (Å²) in [5, 5.41) is 0. The lowest BCUT2D eigenvalue weighted by molar-refractivity contribution is 0.0723. The molecule has 0 amide bonds. The van der Waals surface area contributed by atoms with E-state index < -0.39 is 10.0 Å². The number of benzene rings is 1. The first-order valence-electron chi connectivity index (χ1n) is 7.75. The first-order valence-corrected chi connectivity index (χ1v) is 9.40. The fourth-order valence-electron chi connectivity index (χ4n) is 2.71. The van der Waals surface area contributed by atoms with Gasteiger partial charge in [-0.05, 0) is 36.5 Å². The van der Waals surface area contributed by atoms with Gasteiger partial charge in [0, 0.05) is 37.8 Å². The predicted molar refractivity (Wildman–Crippen MR) is 87.7 cm³/mol. The summed E-state index contributed by atoms with van der Waals surface area (Å²) in [6.07, 6.45) is 6.92. The van der Waals surface area contributed by atoms with Crippen LogP contribution in [0.2, 0.25) is 0 Å². The summed E-state index contributed by atoms with van der Waals surface area (Å²) in [6, 6.07) is 7.75. The Hall–Kier alpha value is -1.70. The molecule has 0 saturated carbocycles. The van der Waals surface area contributed by atoms with Crippen LogP contribution in [-0.2, 0) is 21.3 Å². The molecule has 1 aliphatic heterocycles. The number of hydrogen-bond donors (Lipinski definition) is 1. The lowest BCUT2D eigenvalue weighted by Crippen LogP contribution is -2.32. The van der Waals surface area contributed by atoms with Gasteiger partial charge < -0.3 is 9.30 Å². The van der Waals surface area contributed by atoms with Gasteiger partial charge in [-0.3, -0.25) is 0 Å². The molecule has 0 unspecified atom stereocenters. The maximum absolute atomic E-state index is 12.2. The van der Waals surface area contributed by atoms with Crippen LogP contribution in [0.5, 0.6) is 0 Å². The second kappa shape index (κ2) is 7.25. The zero-order valence-electron chi connectivity index (χ0n) is 12.9. The van der Waals surface area contributed by atoms with Gasteiger partial charge in [0.15, 0.2) is 0 Å². The monoisotopic (exact) mass is 335 g/mol. The molecule has 1 aliphatic rings. The molecule has 3 rings (SSSR count). The summed E-state index contributed by atoms with van der Waals surface area (Å²) in [6.45, 7) is 1.62. The zero-order valence-corrected chi connectivity index (χ0v) is 13.7. The van der Waals surface area contributed by atoms with Gasteiger partial charge >= 0.3 is 0 Å². The van der Waals surface area contributed by atoms with Gasteiger partial charge in [0.25, 0.3) is 0 Å². The molecule has 1 saturated heterocycles. The molecule has 23 heavy (non-hydrogen) atoms. The number of rotatable bonds is 6. The van der Waals surface area contributed by atoms with Crippen molar-refractivity contribution in [3.8, 4) is 5.69 Å². The summed E-state index contributed by atoms with van der Waals surface area (Å²) in [5.41, 5.74) is 1.88. The van der Waals surface area contributed by atoms with Crippen LogP contribution in [0.15, 0.2) is 43.0 Å². The molecule has 0 atom stereocenters. The maximum atomic E-state index is 12.2. The molecule has 1 fully saturated rings. The molecular weight excluding hydrogens is 314 g/mol. The van der Waals surface area contributed by atoms with Gasteiger partial charge in [-0.2, -0.15) is 0 Å². The van der Waals surface area contributed by atoms with E-state index in [9.17, 15) is 8.42 Å². The largest absolute Gasteiger partial charge is 0.381 e. The molecule has 0 radical (unpaired) electrons. The second-order valence-electron chi connectivity index (χ2n) is 5.80. The highest BCUT2D eigenvalue weighted by atomic mass is 32.2. The van der Waals surface area contributed by atoms with E-state index in [1.165, 1.54) is 0 Å². The van der Waals surface area contributed by atoms with E-state index >= 15 is 0 Å². The Morgan fingerprint density at radius 2 is 2.13 bits per heavy atom. The predicted octanol–water partition coefficient (Wildman–Crippen LogP) is 1.72. The summed E-state index contributed by atoms with van der Waals surface area (Å²) in [5.74, 6) is 0.371. The maximum Gasteiger partial charge on any atom is 0.212 e. The molecule has 1 aromatic carbocycles. The molecular formula is C16H21N3O3S. The van der Waals surface area contributed by atoms with E-state index in [0.29, 0.717) is 19.8 Å². The molecule has 7 heteroatoms. The smallest absolute Gasteiger partial charge is 0.212 e. The first kappa shape index (κ1) is 16.2. The zero-order chi connectivity index (χ0) is 16.1. The molecule has 0 bridgehead atoms. The van der Waals surface area contributed by atoms with E-state index in [-0.39, 0.29) is 11.7 Å². The number of ether oxygens (including phenoxy) is 1. The van der Waals surface area contributed by atoms with Crippen molar-refractivity contribution in [3.05, 3.63) is 48.5 Å². The number of nitrogens with zero attached hydrogens (tertiary/aromatic N) is 2.